The van der Waals surface area contributed by atoms with E-state index in [4.69, 9.17) is 0 Å². The fourth-order valence-electron chi connectivity index (χ4n) is 2.35. The minimum atomic E-state index is -1.03. The number of aliphatic carboxylic acids is 1. The molecule has 0 spiro atoms. The lowest BCUT2D eigenvalue weighted by Crippen LogP contribution is -2.58. The number of hydrogen-bond acceptors (Lipinski definition) is 2. The molecule has 1 unspecified atom stereocenters. The summed E-state index contributed by atoms with van der Waals surface area (Å²) < 4.78 is 0. The van der Waals surface area contributed by atoms with Crippen LogP contribution in [0.5, 0.6) is 0 Å². The van der Waals surface area contributed by atoms with Gasteiger partial charge in [0, 0.05) is 13.0 Å². The highest BCUT2D eigenvalue weighted by molar-refractivity contribution is 5.86. The average Bonchev–Trinajstić information content (AvgIpc) is 2.83. The van der Waals surface area contributed by atoms with E-state index in [1.165, 1.54) is 11.8 Å². The first-order valence-corrected chi connectivity index (χ1v) is 5.35. The van der Waals surface area contributed by atoms with Gasteiger partial charge in [0.15, 0.2) is 0 Å². The molecule has 1 atom stereocenters. The Morgan fingerprint density at radius 2 is 1.87 bits per heavy atom. The van der Waals surface area contributed by atoms with E-state index in [-0.39, 0.29) is 17.9 Å². The smallest absolute Gasteiger partial charge is 0.329 e. The first-order chi connectivity index (χ1) is 6.81. The molecule has 0 heterocycles. The van der Waals surface area contributed by atoms with Gasteiger partial charge in [-0.3, -0.25) is 4.79 Å². The summed E-state index contributed by atoms with van der Waals surface area (Å²) in [7, 11) is 0. The van der Waals surface area contributed by atoms with Crippen LogP contribution in [-0.2, 0) is 9.59 Å². The van der Waals surface area contributed by atoms with E-state index in [1.54, 1.807) is 6.92 Å². The van der Waals surface area contributed by atoms with Crippen LogP contribution in [-0.4, -0.2) is 33.5 Å². The number of carbonyl (C=O) groups is 2. The van der Waals surface area contributed by atoms with Crippen LogP contribution in [0.3, 0.4) is 0 Å². The van der Waals surface area contributed by atoms with Crippen molar-refractivity contribution in [1.29, 1.82) is 0 Å². The molecule has 1 aliphatic carbocycles. The van der Waals surface area contributed by atoms with Crippen molar-refractivity contribution in [2.75, 3.05) is 0 Å². The predicted molar refractivity (Wildman–Crippen MR) is 56.4 cm³/mol. The monoisotopic (exact) mass is 213 g/mol. The van der Waals surface area contributed by atoms with Crippen LogP contribution in [0.15, 0.2) is 0 Å². The molecule has 0 bridgehead atoms. The molecule has 1 fully saturated rings. The lowest BCUT2D eigenvalue weighted by Gasteiger charge is -2.40. The molecule has 1 saturated carbocycles. The molecule has 0 aromatic carbocycles. The van der Waals surface area contributed by atoms with Gasteiger partial charge in [0.25, 0.3) is 0 Å². The molecule has 15 heavy (non-hydrogen) atoms. The van der Waals surface area contributed by atoms with E-state index in [0.717, 1.165) is 12.8 Å². The molecule has 4 nitrogen and oxygen atoms in total. The molecule has 0 radical (unpaired) electrons. The Morgan fingerprint density at radius 1 is 1.40 bits per heavy atom. The summed E-state index contributed by atoms with van der Waals surface area (Å²) in [4.78, 5) is 24.4. The Labute approximate surface area is 90.3 Å². The highest BCUT2D eigenvalue weighted by atomic mass is 16.4. The second-order valence-corrected chi connectivity index (χ2v) is 4.71. The van der Waals surface area contributed by atoms with E-state index in [9.17, 15) is 14.7 Å². The van der Waals surface area contributed by atoms with E-state index in [2.05, 4.69) is 0 Å². The van der Waals surface area contributed by atoms with Gasteiger partial charge < -0.3 is 10.0 Å². The van der Waals surface area contributed by atoms with E-state index >= 15 is 0 Å². The van der Waals surface area contributed by atoms with Gasteiger partial charge in [-0.15, -0.1) is 0 Å². The van der Waals surface area contributed by atoms with Gasteiger partial charge in [-0.25, -0.2) is 4.79 Å². The molecule has 0 saturated heterocycles. The molecule has 0 aromatic rings. The normalized spacial score (nSPS) is 19.8. The van der Waals surface area contributed by atoms with Gasteiger partial charge in [-0.1, -0.05) is 0 Å². The zero-order valence-corrected chi connectivity index (χ0v) is 9.78. The highest BCUT2D eigenvalue weighted by Gasteiger charge is 2.53. The van der Waals surface area contributed by atoms with E-state index < -0.39 is 11.5 Å². The molecule has 0 aliphatic heterocycles. The predicted octanol–water partition coefficient (Wildman–Crippen LogP) is 1.50. The lowest BCUT2D eigenvalue weighted by atomic mass is 9.92. The summed E-state index contributed by atoms with van der Waals surface area (Å²) in [5.74, 6) is -0.947. The van der Waals surface area contributed by atoms with Gasteiger partial charge in [-0.05, 0) is 39.5 Å². The number of carboxylic acid groups (broad SMARTS) is 1. The van der Waals surface area contributed by atoms with Gasteiger partial charge in [-0.2, -0.15) is 0 Å². The van der Waals surface area contributed by atoms with Crippen molar-refractivity contribution in [1.82, 2.24) is 4.90 Å². The fourth-order valence-corrected chi connectivity index (χ4v) is 2.35. The number of carbonyl (C=O) groups excluding carboxylic acids is 1. The van der Waals surface area contributed by atoms with E-state index in [1.807, 2.05) is 13.8 Å². The first-order valence-electron chi connectivity index (χ1n) is 5.35. The largest absolute Gasteiger partial charge is 0.479 e. The van der Waals surface area contributed by atoms with Crippen molar-refractivity contribution in [3.63, 3.8) is 0 Å². The van der Waals surface area contributed by atoms with Gasteiger partial charge in [0.1, 0.15) is 5.54 Å². The fraction of sp³-hybridized carbons (Fsp3) is 0.818. The number of hydrogen-bond donors (Lipinski definition) is 1. The summed E-state index contributed by atoms with van der Waals surface area (Å²) in [6.07, 6.45) is 1.80. The third-order valence-electron chi connectivity index (χ3n) is 3.16. The lowest BCUT2D eigenvalue weighted by molar-refractivity contribution is -0.161. The Kier molecular flexibility index (Phi) is 3.07. The Morgan fingerprint density at radius 3 is 2.07 bits per heavy atom. The second kappa shape index (κ2) is 3.83. The number of carboxylic acids is 1. The van der Waals surface area contributed by atoms with Gasteiger partial charge >= 0.3 is 5.97 Å². The maximum absolute atomic E-state index is 11.5. The zero-order chi connectivity index (χ0) is 11.8. The first kappa shape index (κ1) is 12.0. The molecule has 1 aliphatic rings. The Hall–Kier alpha value is -1.06. The van der Waals surface area contributed by atoms with Crippen LogP contribution >= 0.6 is 0 Å². The molecule has 1 N–H and O–H groups in total. The minimum Gasteiger partial charge on any atom is -0.479 e. The molecule has 1 amide bonds. The summed E-state index contributed by atoms with van der Waals surface area (Å²) in [6, 6.07) is -0.0794. The van der Waals surface area contributed by atoms with Gasteiger partial charge in [0.05, 0.1) is 0 Å². The SMILES string of the molecule is CC(=O)N(C(C)C)C(C)(C(=O)O)C1CC1. The molecular weight excluding hydrogens is 194 g/mol. The molecular formula is C11H19NO3. The maximum atomic E-state index is 11.5. The summed E-state index contributed by atoms with van der Waals surface area (Å²) in [6.45, 7) is 6.80. The number of amides is 1. The van der Waals surface area contributed by atoms with Gasteiger partial charge in [0.2, 0.25) is 5.91 Å². The summed E-state index contributed by atoms with van der Waals surface area (Å²) in [5.41, 5.74) is -1.03. The van der Waals surface area contributed by atoms with Crippen molar-refractivity contribution in [2.45, 2.75) is 52.1 Å². The van der Waals surface area contributed by atoms with E-state index in [0.29, 0.717) is 0 Å². The molecule has 86 valence electrons. The second-order valence-electron chi connectivity index (χ2n) is 4.71. The Balaban J connectivity index is 3.05. The van der Waals surface area contributed by atoms with Crippen molar-refractivity contribution in [2.24, 2.45) is 5.92 Å². The average molecular weight is 213 g/mol. The standard InChI is InChI=1S/C11H19NO3/c1-7(2)12(8(3)13)11(4,10(14)15)9-5-6-9/h7,9H,5-6H2,1-4H3,(H,14,15). The van der Waals surface area contributed by atoms with Crippen LogP contribution in [0.25, 0.3) is 0 Å². The highest BCUT2D eigenvalue weighted by Crippen LogP contribution is 2.44. The third-order valence-corrected chi connectivity index (χ3v) is 3.16. The van der Waals surface area contributed by atoms with Crippen LogP contribution in [0, 0.1) is 5.92 Å². The quantitative estimate of drug-likeness (QED) is 0.769. The van der Waals surface area contributed by atoms with Crippen molar-refractivity contribution in [3.05, 3.63) is 0 Å². The van der Waals surface area contributed by atoms with Crippen LogP contribution < -0.4 is 0 Å². The molecule has 4 heteroatoms. The summed E-state index contributed by atoms with van der Waals surface area (Å²) in [5, 5.41) is 9.32. The maximum Gasteiger partial charge on any atom is 0.329 e. The number of rotatable bonds is 4. The molecule has 1 rings (SSSR count). The van der Waals surface area contributed by atoms with Crippen molar-refractivity contribution < 1.29 is 14.7 Å². The zero-order valence-electron chi connectivity index (χ0n) is 9.78. The molecule has 0 aromatic heterocycles. The third kappa shape index (κ3) is 1.98. The topological polar surface area (TPSA) is 57.6 Å². The number of nitrogens with zero attached hydrogens (tertiary/aromatic N) is 1. The van der Waals surface area contributed by atoms with Crippen molar-refractivity contribution >= 4 is 11.9 Å². The van der Waals surface area contributed by atoms with Crippen LogP contribution in [0.4, 0.5) is 0 Å². The Bertz CT molecular complexity index is 284. The minimum absolute atomic E-state index is 0.0794. The van der Waals surface area contributed by atoms with Crippen molar-refractivity contribution in [3.8, 4) is 0 Å². The van der Waals surface area contributed by atoms with Crippen LogP contribution in [0.1, 0.15) is 40.5 Å². The van der Waals surface area contributed by atoms with Crippen LogP contribution in [0.2, 0.25) is 0 Å². The summed E-state index contributed by atoms with van der Waals surface area (Å²) >= 11 is 0.